The Morgan fingerprint density at radius 3 is 2.81 bits per heavy atom. The molecule has 0 atom stereocenters. The molecule has 1 amide bonds. The predicted octanol–water partition coefficient (Wildman–Crippen LogP) is 3.73. The smallest absolute Gasteiger partial charge is 0.286 e. The van der Waals surface area contributed by atoms with Crippen LogP contribution in [0.1, 0.15) is 19.3 Å². The average Bonchev–Trinajstić information content (AvgIpc) is 2.61. The number of nitrogens with zero attached hydrogens (tertiary/aromatic N) is 1. The van der Waals surface area contributed by atoms with Gasteiger partial charge in [-0.15, -0.1) is 16.2 Å². The number of nitrogens with one attached hydrogen (secondary N) is 2. The van der Waals surface area contributed by atoms with E-state index in [0.717, 1.165) is 10.6 Å². The van der Waals surface area contributed by atoms with Crippen LogP contribution in [0.4, 0.5) is 11.4 Å². The standard InChI is InChI=1S/C18H19N3O3S2/c1-25-14-7-4-6-13(12-14)19-18(22)11-5-10-17-20-15-8-2-3-9-16(15)26(23,24)21-17/h2-4,6-9,12H,5,10-11H2,1H3,(H,19,22)(H,20,21). The van der Waals surface area contributed by atoms with Gasteiger partial charge in [-0.1, -0.05) is 18.2 Å². The second-order valence-corrected chi connectivity index (χ2v) is 8.22. The zero-order valence-electron chi connectivity index (χ0n) is 14.2. The van der Waals surface area contributed by atoms with Crippen molar-refractivity contribution in [3.8, 4) is 0 Å². The molecule has 0 radical (unpaired) electrons. The molecule has 0 saturated carbocycles. The maximum atomic E-state index is 12.2. The van der Waals surface area contributed by atoms with E-state index in [1.807, 2.05) is 30.5 Å². The summed E-state index contributed by atoms with van der Waals surface area (Å²) in [7, 11) is -3.68. The number of carbonyl (C=O) groups is 1. The highest BCUT2D eigenvalue weighted by atomic mass is 32.2. The van der Waals surface area contributed by atoms with Crippen LogP contribution in [0.3, 0.4) is 0 Å². The number of hydrogen-bond donors (Lipinski definition) is 2. The third kappa shape index (κ3) is 4.44. The Balaban J connectivity index is 1.55. The van der Waals surface area contributed by atoms with Gasteiger partial charge in [0.15, 0.2) is 0 Å². The minimum absolute atomic E-state index is 0.108. The van der Waals surface area contributed by atoms with Crippen molar-refractivity contribution in [1.29, 1.82) is 0 Å². The van der Waals surface area contributed by atoms with Gasteiger partial charge >= 0.3 is 0 Å². The highest BCUT2D eigenvalue weighted by molar-refractivity contribution is 7.98. The molecule has 0 spiro atoms. The van der Waals surface area contributed by atoms with Gasteiger partial charge in [0, 0.05) is 23.4 Å². The molecule has 1 aliphatic rings. The maximum Gasteiger partial charge on any atom is 0.286 e. The van der Waals surface area contributed by atoms with Gasteiger partial charge in [-0.05, 0) is 43.0 Å². The second kappa shape index (κ2) is 7.92. The zero-order valence-corrected chi connectivity index (χ0v) is 15.9. The van der Waals surface area contributed by atoms with Gasteiger partial charge in [-0.25, -0.2) is 0 Å². The summed E-state index contributed by atoms with van der Waals surface area (Å²) in [6.45, 7) is 0. The fraction of sp³-hybridized carbons (Fsp3) is 0.222. The summed E-state index contributed by atoms with van der Waals surface area (Å²) in [5, 5.41) is 5.88. The largest absolute Gasteiger partial charge is 0.342 e. The van der Waals surface area contributed by atoms with Gasteiger partial charge in [0.1, 0.15) is 10.7 Å². The molecule has 0 aliphatic carbocycles. The van der Waals surface area contributed by atoms with Crippen molar-refractivity contribution in [2.75, 3.05) is 16.9 Å². The van der Waals surface area contributed by atoms with Crippen LogP contribution in [-0.2, 0) is 14.8 Å². The van der Waals surface area contributed by atoms with E-state index >= 15 is 0 Å². The highest BCUT2D eigenvalue weighted by Crippen LogP contribution is 2.27. The quantitative estimate of drug-likeness (QED) is 0.735. The van der Waals surface area contributed by atoms with Gasteiger partial charge in [0.25, 0.3) is 10.0 Å². The monoisotopic (exact) mass is 389 g/mol. The summed E-state index contributed by atoms with van der Waals surface area (Å²) in [6.07, 6.45) is 3.14. The summed E-state index contributed by atoms with van der Waals surface area (Å²) in [5.41, 5.74) is 1.28. The molecule has 1 heterocycles. The number of sulfonamides is 1. The summed E-state index contributed by atoms with van der Waals surface area (Å²) in [6, 6.07) is 14.3. The fourth-order valence-corrected chi connectivity index (χ4v) is 4.25. The molecule has 0 saturated heterocycles. The predicted molar refractivity (Wildman–Crippen MR) is 105 cm³/mol. The number of thioether (sulfide) groups is 1. The Morgan fingerprint density at radius 1 is 1.19 bits per heavy atom. The number of benzene rings is 2. The van der Waals surface area contributed by atoms with E-state index in [4.69, 9.17) is 0 Å². The highest BCUT2D eigenvalue weighted by Gasteiger charge is 2.23. The topological polar surface area (TPSA) is 87.6 Å². The van der Waals surface area contributed by atoms with Crippen LogP contribution in [0.15, 0.2) is 62.7 Å². The van der Waals surface area contributed by atoms with Crippen molar-refractivity contribution in [3.63, 3.8) is 0 Å². The van der Waals surface area contributed by atoms with E-state index in [9.17, 15) is 13.2 Å². The Bertz CT molecular complexity index is 956. The number of amidine groups is 1. The Labute approximate surface area is 157 Å². The fourth-order valence-electron chi connectivity index (χ4n) is 2.62. The van der Waals surface area contributed by atoms with E-state index in [2.05, 4.69) is 15.0 Å². The Hall–Kier alpha value is -2.32. The maximum absolute atomic E-state index is 12.2. The lowest BCUT2D eigenvalue weighted by Crippen LogP contribution is -2.22. The Morgan fingerprint density at radius 2 is 2.00 bits per heavy atom. The lowest BCUT2D eigenvalue weighted by molar-refractivity contribution is -0.116. The number of carbonyl (C=O) groups excluding carboxylic acids is 1. The third-order valence-electron chi connectivity index (χ3n) is 3.85. The molecule has 2 aromatic rings. The molecule has 6 nitrogen and oxygen atoms in total. The van der Waals surface area contributed by atoms with Crippen molar-refractivity contribution in [2.24, 2.45) is 4.40 Å². The van der Waals surface area contributed by atoms with Gasteiger partial charge in [-0.2, -0.15) is 8.42 Å². The summed E-state index contributed by atoms with van der Waals surface area (Å²) in [4.78, 5) is 13.3. The van der Waals surface area contributed by atoms with E-state index in [1.54, 1.807) is 30.0 Å². The molecule has 0 unspecified atom stereocenters. The molecular weight excluding hydrogens is 370 g/mol. The summed E-state index contributed by atoms with van der Waals surface area (Å²) >= 11 is 1.61. The molecule has 0 bridgehead atoms. The van der Waals surface area contributed by atoms with Crippen molar-refractivity contribution >= 4 is 44.9 Å². The number of amides is 1. The normalized spacial score (nSPS) is 14.7. The van der Waals surface area contributed by atoms with Crippen LogP contribution in [0, 0.1) is 0 Å². The SMILES string of the molecule is CSc1cccc(NC(=O)CCCC2=NS(=O)(=O)c3ccccc3N2)c1. The van der Waals surface area contributed by atoms with Crippen molar-refractivity contribution in [2.45, 2.75) is 29.1 Å². The van der Waals surface area contributed by atoms with Crippen molar-refractivity contribution < 1.29 is 13.2 Å². The molecule has 3 rings (SSSR count). The van der Waals surface area contributed by atoms with E-state index in [1.165, 1.54) is 6.07 Å². The molecular formula is C18H19N3O3S2. The molecule has 0 aromatic heterocycles. The number of fused-ring (bicyclic) bond motifs is 1. The van der Waals surface area contributed by atoms with Crippen LogP contribution in [0.5, 0.6) is 0 Å². The first kappa shape index (κ1) is 18.5. The van der Waals surface area contributed by atoms with E-state index < -0.39 is 10.0 Å². The zero-order chi connectivity index (χ0) is 18.6. The number of para-hydroxylation sites is 1. The van der Waals surface area contributed by atoms with Crippen LogP contribution in [0.25, 0.3) is 0 Å². The van der Waals surface area contributed by atoms with Gasteiger partial charge in [-0.3, -0.25) is 4.79 Å². The second-order valence-electron chi connectivity index (χ2n) is 5.77. The minimum atomic E-state index is -3.68. The van der Waals surface area contributed by atoms with Gasteiger partial charge in [0.05, 0.1) is 5.69 Å². The van der Waals surface area contributed by atoms with Gasteiger partial charge in [0.2, 0.25) is 5.91 Å². The number of anilines is 2. The first-order valence-corrected chi connectivity index (χ1v) is 10.8. The summed E-state index contributed by atoms with van der Waals surface area (Å²) < 4.78 is 28.1. The van der Waals surface area contributed by atoms with Crippen molar-refractivity contribution in [3.05, 3.63) is 48.5 Å². The van der Waals surface area contributed by atoms with Crippen LogP contribution >= 0.6 is 11.8 Å². The molecule has 2 aromatic carbocycles. The van der Waals surface area contributed by atoms with Gasteiger partial charge < -0.3 is 10.6 Å². The van der Waals surface area contributed by atoms with E-state index in [0.29, 0.717) is 24.4 Å². The van der Waals surface area contributed by atoms with Crippen LogP contribution in [-0.4, -0.2) is 26.4 Å². The van der Waals surface area contributed by atoms with Crippen LogP contribution in [0.2, 0.25) is 0 Å². The molecule has 2 N–H and O–H groups in total. The number of hydrogen-bond acceptors (Lipinski definition) is 5. The molecule has 136 valence electrons. The third-order valence-corrected chi connectivity index (χ3v) is 5.94. The molecule has 1 aliphatic heterocycles. The molecule has 26 heavy (non-hydrogen) atoms. The van der Waals surface area contributed by atoms with Crippen molar-refractivity contribution in [1.82, 2.24) is 0 Å². The lowest BCUT2D eigenvalue weighted by atomic mass is 10.2. The first-order chi connectivity index (χ1) is 12.5. The van der Waals surface area contributed by atoms with Crippen LogP contribution < -0.4 is 10.6 Å². The minimum Gasteiger partial charge on any atom is -0.342 e. The average molecular weight is 390 g/mol. The molecule has 8 heteroatoms. The first-order valence-electron chi connectivity index (χ1n) is 8.12. The Kier molecular flexibility index (Phi) is 5.63. The number of rotatable bonds is 6. The lowest BCUT2D eigenvalue weighted by Gasteiger charge is -2.17. The summed E-state index contributed by atoms with van der Waals surface area (Å²) in [5.74, 6) is 0.254. The van der Waals surface area contributed by atoms with E-state index in [-0.39, 0.29) is 17.2 Å². The molecule has 0 fully saturated rings.